The van der Waals surface area contributed by atoms with E-state index in [4.69, 9.17) is 27.9 Å². The van der Waals surface area contributed by atoms with Crippen molar-refractivity contribution in [1.82, 2.24) is 5.32 Å². The average molecular weight is 318 g/mol. The van der Waals surface area contributed by atoms with Crippen molar-refractivity contribution in [2.75, 3.05) is 13.7 Å². The smallest absolute Gasteiger partial charge is 0.142 e. The molecule has 20 heavy (non-hydrogen) atoms. The standard InChI is InChI=1S/C15H21Cl2NO2/c1-20-14-11(7-12(16)8-13(14)17)9-18-10-15(19)5-3-2-4-6-15/h7-8,18-19H,2-6,9-10H2,1H3. The lowest BCUT2D eigenvalue weighted by Gasteiger charge is -2.32. The minimum absolute atomic E-state index is 0.508. The van der Waals surface area contributed by atoms with E-state index < -0.39 is 5.60 Å². The number of methoxy groups -OCH3 is 1. The van der Waals surface area contributed by atoms with Gasteiger partial charge in [-0.05, 0) is 25.0 Å². The second-order valence-electron chi connectivity index (χ2n) is 5.47. The number of ether oxygens (including phenoxy) is 1. The topological polar surface area (TPSA) is 41.5 Å². The Labute approximate surface area is 130 Å². The van der Waals surface area contributed by atoms with Gasteiger partial charge in [0, 0.05) is 23.7 Å². The summed E-state index contributed by atoms with van der Waals surface area (Å²) in [4.78, 5) is 0. The zero-order chi connectivity index (χ0) is 14.6. The highest BCUT2D eigenvalue weighted by atomic mass is 35.5. The highest BCUT2D eigenvalue weighted by Gasteiger charge is 2.28. The lowest BCUT2D eigenvalue weighted by molar-refractivity contribution is 0.00464. The van der Waals surface area contributed by atoms with Gasteiger partial charge in [-0.3, -0.25) is 0 Å². The van der Waals surface area contributed by atoms with Crippen LogP contribution in [0.5, 0.6) is 5.75 Å². The third kappa shape index (κ3) is 4.01. The molecule has 5 heteroatoms. The molecule has 112 valence electrons. The van der Waals surface area contributed by atoms with Crippen molar-refractivity contribution in [3.8, 4) is 5.75 Å². The lowest BCUT2D eigenvalue weighted by atomic mass is 9.85. The number of hydrogen-bond donors (Lipinski definition) is 2. The van der Waals surface area contributed by atoms with Crippen molar-refractivity contribution in [3.05, 3.63) is 27.7 Å². The molecule has 0 aliphatic heterocycles. The molecule has 0 amide bonds. The summed E-state index contributed by atoms with van der Waals surface area (Å²) in [5.74, 6) is 0.638. The molecular weight excluding hydrogens is 297 g/mol. The van der Waals surface area contributed by atoms with Crippen molar-refractivity contribution in [2.24, 2.45) is 0 Å². The highest BCUT2D eigenvalue weighted by Crippen LogP contribution is 2.32. The van der Waals surface area contributed by atoms with Crippen molar-refractivity contribution in [2.45, 2.75) is 44.2 Å². The SMILES string of the molecule is COc1c(Cl)cc(Cl)cc1CNCC1(O)CCCCC1. The van der Waals surface area contributed by atoms with Crippen LogP contribution in [0.15, 0.2) is 12.1 Å². The van der Waals surface area contributed by atoms with Crippen LogP contribution in [0.4, 0.5) is 0 Å². The van der Waals surface area contributed by atoms with Crippen LogP contribution < -0.4 is 10.1 Å². The molecule has 1 aromatic rings. The molecule has 3 nitrogen and oxygen atoms in total. The molecule has 0 spiro atoms. The van der Waals surface area contributed by atoms with Gasteiger partial charge in [0.05, 0.1) is 17.7 Å². The van der Waals surface area contributed by atoms with Crippen LogP contribution in [0, 0.1) is 0 Å². The predicted molar refractivity (Wildman–Crippen MR) is 82.8 cm³/mol. The largest absolute Gasteiger partial charge is 0.495 e. The fraction of sp³-hybridized carbons (Fsp3) is 0.600. The van der Waals surface area contributed by atoms with Gasteiger partial charge in [0.1, 0.15) is 5.75 Å². The van der Waals surface area contributed by atoms with Gasteiger partial charge >= 0.3 is 0 Å². The van der Waals surface area contributed by atoms with Crippen molar-refractivity contribution < 1.29 is 9.84 Å². The van der Waals surface area contributed by atoms with E-state index in [1.807, 2.05) is 6.07 Å². The Hall–Kier alpha value is -0.480. The molecule has 0 aromatic heterocycles. The molecule has 0 heterocycles. The molecule has 1 saturated carbocycles. The molecule has 0 atom stereocenters. The zero-order valence-electron chi connectivity index (χ0n) is 11.7. The van der Waals surface area contributed by atoms with Crippen LogP contribution in [-0.2, 0) is 6.54 Å². The van der Waals surface area contributed by atoms with E-state index in [1.165, 1.54) is 6.42 Å². The van der Waals surface area contributed by atoms with Gasteiger partial charge in [0.15, 0.2) is 0 Å². The molecule has 0 unspecified atom stereocenters. The maximum Gasteiger partial charge on any atom is 0.142 e. The second-order valence-corrected chi connectivity index (χ2v) is 6.31. The van der Waals surface area contributed by atoms with Gasteiger partial charge in [0.2, 0.25) is 0 Å². The first kappa shape index (κ1) is 15.9. The minimum atomic E-state index is -0.576. The molecule has 0 bridgehead atoms. The highest BCUT2D eigenvalue weighted by molar-refractivity contribution is 6.35. The van der Waals surface area contributed by atoms with E-state index in [1.54, 1.807) is 13.2 Å². The Morgan fingerprint density at radius 3 is 2.60 bits per heavy atom. The van der Waals surface area contributed by atoms with Gasteiger partial charge in [-0.2, -0.15) is 0 Å². The summed E-state index contributed by atoms with van der Waals surface area (Å²) in [6.07, 6.45) is 5.16. The van der Waals surface area contributed by atoms with E-state index in [2.05, 4.69) is 5.32 Å². The Morgan fingerprint density at radius 2 is 1.95 bits per heavy atom. The zero-order valence-corrected chi connectivity index (χ0v) is 13.2. The van der Waals surface area contributed by atoms with Gasteiger partial charge in [-0.1, -0.05) is 42.5 Å². The van der Waals surface area contributed by atoms with Gasteiger partial charge in [-0.15, -0.1) is 0 Å². The summed E-state index contributed by atoms with van der Waals surface area (Å²) in [6.45, 7) is 1.16. The van der Waals surface area contributed by atoms with Crippen LogP contribution in [0.2, 0.25) is 10.0 Å². The summed E-state index contributed by atoms with van der Waals surface area (Å²) in [5, 5.41) is 14.8. The van der Waals surface area contributed by atoms with E-state index in [9.17, 15) is 5.11 Å². The summed E-state index contributed by atoms with van der Waals surface area (Å²) in [5.41, 5.74) is 0.331. The first-order valence-electron chi connectivity index (χ1n) is 6.99. The molecule has 0 saturated heterocycles. The van der Waals surface area contributed by atoms with E-state index in [0.29, 0.717) is 28.9 Å². The fourth-order valence-corrected chi connectivity index (χ4v) is 3.40. The number of rotatable bonds is 5. The Bertz CT molecular complexity index is 459. The van der Waals surface area contributed by atoms with Crippen LogP contribution in [-0.4, -0.2) is 24.4 Å². The summed E-state index contributed by atoms with van der Waals surface area (Å²) < 4.78 is 5.31. The average Bonchev–Trinajstić information content (AvgIpc) is 2.39. The molecule has 2 N–H and O–H groups in total. The maximum absolute atomic E-state index is 10.4. The van der Waals surface area contributed by atoms with Crippen LogP contribution in [0.1, 0.15) is 37.7 Å². The number of aliphatic hydroxyl groups is 1. The molecule has 2 rings (SSSR count). The molecular formula is C15H21Cl2NO2. The predicted octanol–water partition coefficient (Wildman–Crippen LogP) is 3.79. The number of hydrogen-bond acceptors (Lipinski definition) is 3. The first-order chi connectivity index (χ1) is 9.54. The van der Waals surface area contributed by atoms with Crippen LogP contribution in [0.3, 0.4) is 0 Å². The quantitative estimate of drug-likeness (QED) is 0.868. The Balaban J connectivity index is 1.97. The first-order valence-corrected chi connectivity index (χ1v) is 7.75. The molecule has 1 fully saturated rings. The maximum atomic E-state index is 10.4. The van der Waals surface area contributed by atoms with Crippen molar-refractivity contribution >= 4 is 23.2 Å². The van der Waals surface area contributed by atoms with Gasteiger partial charge in [0.25, 0.3) is 0 Å². The second kappa shape index (κ2) is 6.99. The van der Waals surface area contributed by atoms with E-state index in [0.717, 1.165) is 31.2 Å². The monoisotopic (exact) mass is 317 g/mol. The minimum Gasteiger partial charge on any atom is -0.495 e. The van der Waals surface area contributed by atoms with Gasteiger partial charge in [-0.25, -0.2) is 0 Å². The molecule has 1 aromatic carbocycles. The molecule has 1 aliphatic rings. The van der Waals surface area contributed by atoms with Gasteiger partial charge < -0.3 is 15.2 Å². The fourth-order valence-electron chi connectivity index (χ4n) is 2.79. The Kier molecular flexibility index (Phi) is 5.56. The molecule has 1 aliphatic carbocycles. The van der Waals surface area contributed by atoms with Crippen LogP contribution >= 0.6 is 23.2 Å². The third-order valence-corrected chi connectivity index (χ3v) is 4.34. The number of benzene rings is 1. The van der Waals surface area contributed by atoms with Crippen molar-refractivity contribution in [3.63, 3.8) is 0 Å². The lowest BCUT2D eigenvalue weighted by Crippen LogP contribution is -2.41. The normalized spacial score (nSPS) is 18.0. The number of nitrogens with one attached hydrogen (secondary N) is 1. The summed E-state index contributed by atoms with van der Waals surface area (Å²) in [7, 11) is 1.59. The van der Waals surface area contributed by atoms with Crippen molar-refractivity contribution in [1.29, 1.82) is 0 Å². The van der Waals surface area contributed by atoms with E-state index >= 15 is 0 Å². The van der Waals surface area contributed by atoms with E-state index in [-0.39, 0.29) is 0 Å². The third-order valence-electron chi connectivity index (χ3n) is 3.84. The summed E-state index contributed by atoms with van der Waals surface area (Å²) in [6, 6.07) is 3.50. The van der Waals surface area contributed by atoms with Crippen LogP contribution in [0.25, 0.3) is 0 Å². The summed E-state index contributed by atoms with van der Waals surface area (Å²) >= 11 is 12.1. The number of halogens is 2. The Morgan fingerprint density at radius 1 is 1.25 bits per heavy atom. The molecule has 0 radical (unpaired) electrons.